The van der Waals surface area contributed by atoms with Gasteiger partial charge in [-0.25, -0.2) is 0 Å². The van der Waals surface area contributed by atoms with Gasteiger partial charge < -0.3 is 28.4 Å². The fraction of sp³-hybridized carbons (Fsp3) is 0.211. The van der Waals surface area contributed by atoms with Crippen LogP contribution in [0.15, 0.2) is 106 Å². The van der Waals surface area contributed by atoms with Crippen LogP contribution in [0.3, 0.4) is 0 Å². The van der Waals surface area contributed by atoms with E-state index >= 15 is 0 Å². The average Bonchev–Trinajstić information content (AvgIpc) is 3.42. The number of ether oxygens (including phenoxy) is 6. The summed E-state index contributed by atoms with van der Waals surface area (Å²) in [6, 6.07) is 32.2. The molecule has 0 fully saturated rings. The van der Waals surface area contributed by atoms with Crippen LogP contribution < -0.4 is 18.9 Å². The van der Waals surface area contributed by atoms with Gasteiger partial charge >= 0.3 is 0 Å². The van der Waals surface area contributed by atoms with Gasteiger partial charge in [0.1, 0.15) is 36.2 Å². The van der Waals surface area contributed by atoms with Crippen LogP contribution in [0.5, 0.6) is 23.0 Å². The SMILES string of the molecule is CCOCOc1c(I)cc(COc2ccc3c(c2)-c2cc(OCc4cc(I)c(OCOCC)c(I)c4)ccc2[SH]3c2ccccc2)cc1I. The molecule has 1 aliphatic heterocycles. The lowest BCUT2D eigenvalue weighted by molar-refractivity contribution is 0.0211. The first-order valence-electron chi connectivity index (χ1n) is 15.6. The second kappa shape index (κ2) is 17.8. The van der Waals surface area contributed by atoms with E-state index in [0.29, 0.717) is 26.4 Å². The van der Waals surface area contributed by atoms with E-state index in [0.717, 1.165) is 48.4 Å². The monoisotopic (exact) mass is 1130 g/mol. The molecule has 49 heavy (non-hydrogen) atoms. The van der Waals surface area contributed by atoms with Gasteiger partial charge in [-0.05, 0) is 204 Å². The third kappa shape index (κ3) is 9.11. The Bertz CT molecular complexity index is 1760. The van der Waals surface area contributed by atoms with Crippen LogP contribution in [-0.4, -0.2) is 26.8 Å². The van der Waals surface area contributed by atoms with Crippen molar-refractivity contribution in [2.75, 3.05) is 26.8 Å². The molecular weight excluding hydrogens is 1090 g/mol. The van der Waals surface area contributed by atoms with Crippen molar-refractivity contribution in [1.29, 1.82) is 0 Å². The number of rotatable bonds is 15. The Morgan fingerprint density at radius 1 is 0.510 bits per heavy atom. The maximum atomic E-state index is 6.40. The van der Waals surface area contributed by atoms with Crippen molar-refractivity contribution < 1.29 is 28.4 Å². The molecule has 0 saturated carbocycles. The normalized spacial score (nSPS) is 12.4. The van der Waals surface area contributed by atoms with Crippen molar-refractivity contribution >= 4 is 101 Å². The van der Waals surface area contributed by atoms with E-state index in [-0.39, 0.29) is 13.6 Å². The molecule has 1 aliphatic rings. The fourth-order valence-electron chi connectivity index (χ4n) is 5.38. The molecule has 0 aromatic heterocycles. The molecule has 0 radical (unpaired) electrons. The van der Waals surface area contributed by atoms with Crippen molar-refractivity contribution in [3.63, 3.8) is 0 Å². The lowest BCUT2D eigenvalue weighted by atomic mass is 10.1. The maximum Gasteiger partial charge on any atom is 0.189 e. The smallest absolute Gasteiger partial charge is 0.189 e. The number of fused-ring (bicyclic) bond motifs is 3. The Morgan fingerprint density at radius 3 is 1.35 bits per heavy atom. The van der Waals surface area contributed by atoms with Gasteiger partial charge in [0.05, 0.1) is 14.3 Å². The van der Waals surface area contributed by atoms with Crippen LogP contribution in [0.25, 0.3) is 11.1 Å². The first-order valence-corrected chi connectivity index (χ1v) is 21.3. The Kier molecular flexibility index (Phi) is 13.5. The number of halogens is 4. The van der Waals surface area contributed by atoms with Crippen molar-refractivity contribution in [3.05, 3.63) is 116 Å². The lowest BCUT2D eigenvalue weighted by Gasteiger charge is -2.19. The summed E-state index contributed by atoms with van der Waals surface area (Å²) in [6.07, 6.45) is 0. The first kappa shape index (κ1) is 37.3. The summed E-state index contributed by atoms with van der Waals surface area (Å²) in [5, 5.41) is 0. The summed E-state index contributed by atoms with van der Waals surface area (Å²) < 4.78 is 39.4. The summed E-state index contributed by atoms with van der Waals surface area (Å²) in [5.74, 6) is 3.34. The number of benzene rings is 5. The molecule has 0 N–H and O–H groups in total. The molecule has 0 spiro atoms. The van der Waals surface area contributed by atoms with Crippen LogP contribution in [0.1, 0.15) is 25.0 Å². The van der Waals surface area contributed by atoms with Crippen molar-refractivity contribution in [1.82, 2.24) is 0 Å². The molecule has 0 bridgehead atoms. The van der Waals surface area contributed by atoms with Gasteiger partial charge in [-0.1, -0.05) is 18.2 Å². The summed E-state index contributed by atoms with van der Waals surface area (Å²) in [4.78, 5) is 3.98. The molecule has 0 amide bonds. The van der Waals surface area contributed by atoms with Gasteiger partial charge in [0.15, 0.2) is 13.6 Å². The van der Waals surface area contributed by atoms with Crippen LogP contribution in [0, 0.1) is 14.3 Å². The van der Waals surface area contributed by atoms with E-state index in [1.807, 2.05) is 13.8 Å². The van der Waals surface area contributed by atoms with Crippen LogP contribution in [0.2, 0.25) is 0 Å². The molecule has 0 atom stereocenters. The maximum absolute atomic E-state index is 6.40. The predicted molar refractivity (Wildman–Crippen MR) is 229 cm³/mol. The highest BCUT2D eigenvalue weighted by Crippen LogP contribution is 2.63. The van der Waals surface area contributed by atoms with Gasteiger partial charge in [-0.2, -0.15) is 10.9 Å². The highest BCUT2D eigenvalue weighted by Gasteiger charge is 2.28. The zero-order chi connectivity index (χ0) is 34.3. The molecule has 0 aliphatic carbocycles. The van der Waals surface area contributed by atoms with Crippen LogP contribution >= 0.6 is 101 Å². The van der Waals surface area contributed by atoms with Crippen LogP contribution in [-0.2, 0) is 22.7 Å². The Morgan fingerprint density at radius 2 is 0.939 bits per heavy atom. The molecule has 256 valence electrons. The Hall–Kier alpha value is -1.51. The summed E-state index contributed by atoms with van der Waals surface area (Å²) in [5.41, 5.74) is 4.55. The van der Waals surface area contributed by atoms with E-state index < -0.39 is 10.9 Å². The van der Waals surface area contributed by atoms with Gasteiger partial charge in [0.25, 0.3) is 0 Å². The van der Waals surface area contributed by atoms with Gasteiger partial charge in [-0.3, -0.25) is 0 Å². The summed E-state index contributed by atoms with van der Waals surface area (Å²) >= 11 is 9.25. The minimum absolute atomic E-state index is 0.240. The van der Waals surface area contributed by atoms with E-state index in [1.165, 1.54) is 25.8 Å². The molecule has 5 aromatic rings. The van der Waals surface area contributed by atoms with Crippen molar-refractivity contribution in [3.8, 4) is 34.1 Å². The third-order valence-corrected chi connectivity index (χ3v) is 13.4. The zero-order valence-electron chi connectivity index (χ0n) is 26.8. The van der Waals surface area contributed by atoms with Crippen LogP contribution in [0.4, 0.5) is 0 Å². The van der Waals surface area contributed by atoms with Gasteiger partial charge in [0, 0.05) is 23.0 Å². The molecule has 11 heteroatoms. The second-order valence-corrected chi connectivity index (χ2v) is 17.7. The molecular formula is C38H34I4O6S. The average molecular weight is 1130 g/mol. The predicted octanol–water partition coefficient (Wildman–Crippen LogP) is 11.5. The van der Waals surface area contributed by atoms with E-state index in [2.05, 4.69) is 181 Å². The van der Waals surface area contributed by atoms with E-state index in [4.69, 9.17) is 28.4 Å². The zero-order valence-corrected chi connectivity index (χ0v) is 36.3. The fourth-order valence-corrected chi connectivity index (χ4v) is 12.4. The highest BCUT2D eigenvalue weighted by molar-refractivity contribution is 14.1. The third-order valence-electron chi connectivity index (χ3n) is 7.63. The quantitative estimate of drug-likeness (QED) is 0.0479. The Labute approximate surface area is 344 Å². The molecule has 0 unspecified atom stereocenters. The van der Waals surface area contributed by atoms with Gasteiger partial charge in [0.2, 0.25) is 0 Å². The minimum Gasteiger partial charge on any atom is -0.489 e. The number of hydrogen-bond donors (Lipinski definition) is 1. The van der Waals surface area contributed by atoms with E-state index in [1.54, 1.807) is 0 Å². The molecule has 6 rings (SSSR count). The first-order chi connectivity index (χ1) is 23.9. The number of thiol groups is 1. The summed E-state index contributed by atoms with van der Waals surface area (Å²) in [6.45, 7) is 6.53. The second-order valence-electron chi connectivity index (χ2n) is 10.9. The summed E-state index contributed by atoms with van der Waals surface area (Å²) in [7, 11) is -0.704. The minimum atomic E-state index is -0.704. The molecule has 5 aromatic carbocycles. The molecule has 1 heterocycles. The highest BCUT2D eigenvalue weighted by atomic mass is 127. The lowest BCUT2D eigenvalue weighted by Crippen LogP contribution is -2.06. The molecule has 0 saturated heterocycles. The van der Waals surface area contributed by atoms with E-state index in [9.17, 15) is 0 Å². The standard InChI is InChI=1S/C38H34I4O6S/c1-3-43-22-47-37-31(39)14-24(15-32(37)40)20-45-26-10-12-35-29(18-26)30-19-27(11-13-36(30)49(35)28-8-6-5-7-9-28)46-21-25-16-33(41)38(34(42)17-25)48-23-44-4-2/h5-19,49H,3-4,20-23H2,1-2H3. The molecule has 6 nitrogen and oxygen atoms in total. The number of hydrogen-bond acceptors (Lipinski definition) is 6. The van der Waals surface area contributed by atoms with Crippen molar-refractivity contribution in [2.24, 2.45) is 0 Å². The van der Waals surface area contributed by atoms with Gasteiger partial charge in [-0.15, -0.1) is 0 Å². The van der Waals surface area contributed by atoms with Crippen molar-refractivity contribution in [2.45, 2.75) is 41.7 Å². The Balaban J connectivity index is 1.23. The topological polar surface area (TPSA) is 55.4 Å². The largest absolute Gasteiger partial charge is 0.489 e.